The van der Waals surface area contributed by atoms with Crippen molar-refractivity contribution < 1.29 is 9.53 Å². The molecule has 0 bridgehead atoms. The van der Waals surface area contributed by atoms with Crippen LogP contribution in [0.2, 0.25) is 0 Å². The van der Waals surface area contributed by atoms with E-state index in [1.165, 1.54) is 6.42 Å². The molecule has 1 aliphatic carbocycles. The number of hydrogen-bond acceptors (Lipinski definition) is 4. The van der Waals surface area contributed by atoms with Crippen LogP contribution in [-0.4, -0.2) is 49.2 Å². The summed E-state index contributed by atoms with van der Waals surface area (Å²) < 4.78 is 5.34. The summed E-state index contributed by atoms with van der Waals surface area (Å²) in [6, 6.07) is 0. The van der Waals surface area contributed by atoms with E-state index in [2.05, 4.69) is 10.2 Å². The van der Waals surface area contributed by atoms with Gasteiger partial charge in [0.1, 0.15) is 5.54 Å². The minimum Gasteiger partial charge on any atom is -0.465 e. The second-order valence-electron chi connectivity index (χ2n) is 5.05. The fraction of sp³-hybridized carbons (Fsp3) is 0.923. The third-order valence-electron chi connectivity index (χ3n) is 4.06. The molecule has 0 aromatic rings. The van der Waals surface area contributed by atoms with Crippen molar-refractivity contribution >= 4 is 5.97 Å². The number of nitrogens with zero attached hydrogens (tertiary/aromatic N) is 1. The standard InChI is InChI=1S/C13H24N2O2/c1-2-17-12(16)13(6-4-3-5-7-13)15-10-8-14-9-11-15/h14H,2-11H2,1H3. The van der Waals surface area contributed by atoms with Gasteiger partial charge in [0.15, 0.2) is 0 Å². The molecular weight excluding hydrogens is 216 g/mol. The largest absolute Gasteiger partial charge is 0.465 e. The van der Waals surface area contributed by atoms with Crippen molar-refractivity contribution in [1.82, 2.24) is 10.2 Å². The molecule has 0 aromatic carbocycles. The molecule has 0 spiro atoms. The highest BCUT2D eigenvalue weighted by Crippen LogP contribution is 2.35. The predicted octanol–water partition coefficient (Wildman–Crippen LogP) is 1.16. The quantitative estimate of drug-likeness (QED) is 0.752. The first-order chi connectivity index (χ1) is 8.29. The Kier molecular flexibility index (Phi) is 4.40. The maximum atomic E-state index is 12.3. The summed E-state index contributed by atoms with van der Waals surface area (Å²) in [4.78, 5) is 14.7. The summed E-state index contributed by atoms with van der Waals surface area (Å²) in [7, 11) is 0. The van der Waals surface area contributed by atoms with Crippen molar-refractivity contribution in [3.63, 3.8) is 0 Å². The van der Waals surface area contributed by atoms with E-state index in [-0.39, 0.29) is 11.5 Å². The van der Waals surface area contributed by atoms with Gasteiger partial charge in [0.2, 0.25) is 0 Å². The summed E-state index contributed by atoms with van der Waals surface area (Å²) in [6.07, 6.45) is 5.52. The van der Waals surface area contributed by atoms with Crippen molar-refractivity contribution in [2.24, 2.45) is 0 Å². The Morgan fingerprint density at radius 3 is 2.47 bits per heavy atom. The monoisotopic (exact) mass is 240 g/mol. The van der Waals surface area contributed by atoms with Gasteiger partial charge in [0.05, 0.1) is 6.61 Å². The molecule has 0 aromatic heterocycles. The summed E-state index contributed by atoms with van der Waals surface area (Å²) in [5.74, 6) is 0.0154. The van der Waals surface area contributed by atoms with E-state index in [1.54, 1.807) is 0 Å². The minimum atomic E-state index is -0.309. The molecule has 1 saturated heterocycles. The van der Waals surface area contributed by atoms with Gasteiger partial charge in [-0.1, -0.05) is 19.3 Å². The number of carbonyl (C=O) groups is 1. The van der Waals surface area contributed by atoms with Crippen molar-refractivity contribution in [1.29, 1.82) is 0 Å². The summed E-state index contributed by atoms with van der Waals surface area (Å²) in [6.45, 7) is 6.30. The molecule has 98 valence electrons. The van der Waals surface area contributed by atoms with Crippen LogP contribution < -0.4 is 5.32 Å². The van der Waals surface area contributed by atoms with Gasteiger partial charge in [-0.25, -0.2) is 0 Å². The summed E-state index contributed by atoms with van der Waals surface area (Å²) >= 11 is 0. The Morgan fingerprint density at radius 1 is 1.24 bits per heavy atom. The molecule has 4 heteroatoms. The highest BCUT2D eigenvalue weighted by molar-refractivity contribution is 5.81. The van der Waals surface area contributed by atoms with Gasteiger partial charge in [0.25, 0.3) is 0 Å². The Labute approximate surface area is 104 Å². The van der Waals surface area contributed by atoms with E-state index in [9.17, 15) is 4.79 Å². The molecule has 17 heavy (non-hydrogen) atoms. The molecule has 2 aliphatic rings. The maximum Gasteiger partial charge on any atom is 0.326 e. The van der Waals surface area contributed by atoms with E-state index in [1.807, 2.05) is 6.92 Å². The van der Waals surface area contributed by atoms with Crippen molar-refractivity contribution in [3.8, 4) is 0 Å². The van der Waals surface area contributed by atoms with Crippen LogP contribution in [0.3, 0.4) is 0 Å². The van der Waals surface area contributed by atoms with E-state index < -0.39 is 0 Å². The van der Waals surface area contributed by atoms with E-state index in [0.29, 0.717) is 6.61 Å². The predicted molar refractivity (Wildman–Crippen MR) is 66.9 cm³/mol. The molecule has 0 unspecified atom stereocenters. The molecule has 1 N–H and O–H groups in total. The molecule has 1 aliphatic heterocycles. The molecule has 0 radical (unpaired) electrons. The molecule has 2 rings (SSSR count). The summed E-state index contributed by atoms with van der Waals surface area (Å²) in [5.41, 5.74) is -0.309. The van der Waals surface area contributed by atoms with Gasteiger partial charge >= 0.3 is 5.97 Å². The normalized spacial score (nSPS) is 25.5. The number of hydrogen-bond donors (Lipinski definition) is 1. The van der Waals surface area contributed by atoms with Gasteiger partial charge < -0.3 is 10.1 Å². The first kappa shape index (κ1) is 12.8. The molecule has 2 fully saturated rings. The van der Waals surface area contributed by atoms with Gasteiger partial charge in [-0.05, 0) is 19.8 Å². The Morgan fingerprint density at radius 2 is 1.88 bits per heavy atom. The minimum absolute atomic E-state index is 0.0154. The van der Waals surface area contributed by atoms with E-state index >= 15 is 0 Å². The van der Waals surface area contributed by atoms with Gasteiger partial charge in [-0.2, -0.15) is 0 Å². The Bertz CT molecular complexity index is 256. The van der Waals surface area contributed by atoms with Crippen molar-refractivity contribution in [2.75, 3.05) is 32.8 Å². The second-order valence-corrected chi connectivity index (χ2v) is 5.05. The number of piperazine rings is 1. The van der Waals surface area contributed by atoms with Crippen LogP contribution in [-0.2, 0) is 9.53 Å². The van der Waals surface area contributed by atoms with Crippen molar-refractivity contribution in [2.45, 2.75) is 44.6 Å². The first-order valence-electron chi connectivity index (χ1n) is 6.92. The molecular formula is C13H24N2O2. The lowest BCUT2D eigenvalue weighted by Gasteiger charge is -2.45. The van der Waals surface area contributed by atoms with Crippen LogP contribution in [0.15, 0.2) is 0 Å². The van der Waals surface area contributed by atoms with Gasteiger partial charge in [0, 0.05) is 26.2 Å². The highest BCUT2D eigenvalue weighted by Gasteiger charge is 2.46. The first-order valence-corrected chi connectivity index (χ1v) is 6.92. The third-order valence-corrected chi connectivity index (χ3v) is 4.06. The number of carbonyl (C=O) groups excluding carboxylic acids is 1. The Balaban J connectivity index is 2.12. The zero-order valence-corrected chi connectivity index (χ0v) is 10.8. The second kappa shape index (κ2) is 5.83. The number of rotatable bonds is 3. The lowest BCUT2D eigenvalue weighted by atomic mass is 9.80. The summed E-state index contributed by atoms with van der Waals surface area (Å²) in [5, 5.41) is 3.35. The van der Waals surface area contributed by atoms with Crippen LogP contribution in [0, 0.1) is 0 Å². The number of ether oxygens (including phenoxy) is 1. The van der Waals surface area contributed by atoms with Crippen LogP contribution >= 0.6 is 0 Å². The Hall–Kier alpha value is -0.610. The molecule has 1 saturated carbocycles. The average molecular weight is 240 g/mol. The fourth-order valence-corrected chi connectivity index (χ4v) is 3.14. The maximum absolute atomic E-state index is 12.3. The molecule has 4 nitrogen and oxygen atoms in total. The molecule has 1 heterocycles. The van der Waals surface area contributed by atoms with Crippen LogP contribution in [0.5, 0.6) is 0 Å². The molecule has 0 amide bonds. The topological polar surface area (TPSA) is 41.6 Å². The number of esters is 1. The van der Waals surface area contributed by atoms with Crippen molar-refractivity contribution in [3.05, 3.63) is 0 Å². The van der Waals surface area contributed by atoms with Crippen LogP contribution in [0.4, 0.5) is 0 Å². The van der Waals surface area contributed by atoms with Gasteiger partial charge in [-0.15, -0.1) is 0 Å². The fourth-order valence-electron chi connectivity index (χ4n) is 3.14. The van der Waals surface area contributed by atoms with E-state index in [4.69, 9.17) is 4.74 Å². The highest BCUT2D eigenvalue weighted by atomic mass is 16.5. The number of nitrogens with one attached hydrogen (secondary N) is 1. The third kappa shape index (κ3) is 2.63. The van der Waals surface area contributed by atoms with E-state index in [0.717, 1.165) is 51.9 Å². The zero-order chi connectivity index (χ0) is 12.1. The lowest BCUT2D eigenvalue weighted by Crippen LogP contribution is -2.61. The van der Waals surface area contributed by atoms with Gasteiger partial charge in [-0.3, -0.25) is 9.69 Å². The van der Waals surface area contributed by atoms with Crippen LogP contribution in [0.25, 0.3) is 0 Å². The lowest BCUT2D eigenvalue weighted by molar-refractivity contribution is -0.161. The smallest absolute Gasteiger partial charge is 0.326 e. The SMILES string of the molecule is CCOC(=O)C1(N2CCNCC2)CCCCC1. The average Bonchev–Trinajstić information content (AvgIpc) is 2.41. The van der Waals surface area contributed by atoms with Crippen LogP contribution in [0.1, 0.15) is 39.0 Å². The zero-order valence-electron chi connectivity index (χ0n) is 10.8. The molecule has 0 atom stereocenters.